The molecule has 6 heteroatoms. The van der Waals surface area contributed by atoms with Gasteiger partial charge in [0.15, 0.2) is 4.67 Å². The number of halogens is 2. The van der Waals surface area contributed by atoms with Crippen molar-refractivity contribution in [2.75, 3.05) is 6.54 Å². The first-order chi connectivity index (χ1) is 9.06. The van der Waals surface area contributed by atoms with E-state index in [1.807, 2.05) is 0 Å². The Bertz CT molecular complexity index is 568. The third kappa shape index (κ3) is 3.83. The average Bonchev–Trinajstić information content (AvgIpc) is 2.83. The van der Waals surface area contributed by atoms with E-state index in [4.69, 9.17) is 16.0 Å². The zero-order valence-electron chi connectivity index (χ0n) is 9.77. The molecule has 1 aromatic carbocycles. The molecule has 0 radical (unpaired) electrons. The molecule has 1 aromatic heterocycles. The molecule has 19 heavy (non-hydrogen) atoms. The van der Waals surface area contributed by atoms with E-state index in [-0.39, 0.29) is 12.5 Å². The fourth-order valence-electron chi connectivity index (χ4n) is 1.52. The van der Waals surface area contributed by atoms with Crippen molar-refractivity contribution in [1.82, 2.24) is 5.32 Å². The van der Waals surface area contributed by atoms with E-state index in [2.05, 4.69) is 21.2 Å². The summed E-state index contributed by atoms with van der Waals surface area (Å²) in [6.45, 7) is 0.114. The maximum absolute atomic E-state index is 11.7. The molecular formula is C13H11BrClNO3. The molecule has 0 aliphatic carbocycles. The number of hydrogen-bond acceptors (Lipinski definition) is 3. The van der Waals surface area contributed by atoms with Gasteiger partial charge >= 0.3 is 0 Å². The maximum Gasteiger partial charge on any atom is 0.254 e. The highest BCUT2D eigenvalue weighted by Crippen LogP contribution is 2.17. The lowest BCUT2D eigenvalue weighted by Gasteiger charge is -2.11. The van der Waals surface area contributed by atoms with Crippen molar-refractivity contribution in [3.8, 4) is 0 Å². The summed E-state index contributed by atoms with van der Waals surface area (Å²) in [5.74, 6) is -0.303. The van der Waals surface area contributed by atoms with Gasteiger partial charge in [0.2, 0.25) is 0 Å². The van der Waals surface area contributed by atoms with Gasteiger partial charge in [-0.25, -0.2) is 0 Å². The van der Waals surface area contributed by atoms with Gasteiger partial charge in [0.1, 0.15) is 6.26 Å². The van der Waals surface area contributed by atoms with Crippen LogP contribution in [0.3, 0.4) is 0 Å². The molecule has 4 nitrogen and oxygen atoms in total. The van der Waals surface area contributed by atoms with Crippen molar-refractivity contribution in [2.24, 2.45) is 0 Å². The van der Waals surface area contributed by atoms with E-state index in [9.17, 15) is 9.90 Å². The molecule has 2 aromatic rings. The van der Waals surface area contributed by atoms with E-state index < -0.39 is 6.10 Å². The second-order valence-electron chi connectivity index (χ2n) is 3.92. The summed E-state index contributed by atoms with van der Waals surface area (Å²) in [5, 5.41) is 13.1. The molecule has 0 bridgehead atoms. The fourth-order valence-corrected chi connectivity index (χ4v) is 1.99. The van der Waals surface area contributed by atoms with Crippen molar-refractivity contribution < 1.29 is 14.3 Å². The van der Waals surface area contributed by atoms with E-state index in [1.165, 1.54) is 6.26 Å². The number of aliphatic hydroxyl groups is 1. The Hall–Kier alpha value is -1.30. The third-order valence-electron chi connectivity index (χ3n) is 2.54. The summed E-state index contributed by atoms with van der Waals surface area (Å²) in [5.41, 5.74) is 1.09. The molecule has 1 amide bonds. The minimum Gasteiger partial charge on any atom is -0.457 e. The largest absolute Gasteiger partial charge is 0.457 e. The lowest BCUT2D eigenvalue weighted by atomic mass is 10.1. The summed E-state index contributed by atoms with van der Waals surface area (Å²) in [6.07, 6.45) is 0.560. The number of nitrogens with one attached hydrogen (secondary N) is 1. The van der Waals surface area contributed by atoms with Crippen LogP contribution in [0.15, 0.2) is 45.7 Å². The monoisotopic (exact) mass is 343 g/mol. The zero-order valence-corrected chi connectivity index (χ0v) is 12.1. The standard InChI is InChI=1S/C13H11BrClNO3/c14-12-5-9(7-19-12)13(18)16-6-11(17)8-1-3-10(15)4-2-8/h1-5,7,11,17H,6H2,(H,16,18). The van der Waals surface area contributed by atoms with Gasteiger partial charge in [0.05, 0.1) is 11.7 Å². The Morgan fingerprint density at radius 3 is 2.68 bits per heavy atom. The van der Waals surface area contributed by atoms with Gasteiger partial charge in [-0.1, -0.05) is 23.7 Å². The van der Waals surface area contributed by atoms with E-state index in [0.29, 0.717) is 20.8 Å². The highest BCUT2D eigenvalue weighted by molar-refractivity contribution is 9.10. The Balaban J connectivity index is 1.91. The van der Waals surface area contributed by atoms with Gasteiger partial charge in [0.25, 0.3) is 5.91 Å². The maximum atomic E-state index is 11.7. The Labute approximate surface area is 123 Å². The van der Waals surface area contributed by atoms with Crippen LogP contribution in [-0.2, 0) is 0 Å². The average molecular weight is 345 g/mol. The van der Waals surface area contributed by atoms with Crippen LogP contribution in [0.25, 0.3) is 0 Å². The Kier molecular flexibility index (Phi) is 4.63. The number of carbonyl (C=O) groups is 1. The van der Waals surface area contributed by atoms with Crippen LogP contribution in [0.5, 0.6) is 0 Å². The topological polar surface area (TPSA) is 62.5 Å². The molecule has 0 saturated carbocycles. The van der Waals surface area contributed by atoms with Gasteiger partial charge < -0.3 is 14.8 Å². The lowest BCUT2D eigenvalue weighted by Crippen LogP contribution is -2.28. The molecule has 1 unspecified atom stereocenters. The number of furan rings is 1. The predicted molar refractivity (Wildman–Crippen MR) is 75.2 cm³/mol. The van der Waals surface area contributed by atoms with Gasteiger partial charge in [-0.3, -0.25) is 4.79 Å². The van der Waals surface area contributed by atoms with Crippen molar-refractivity contribution in [2.45, 2.75) is 6.10 Å². The fraction of sp³-hybridized carbons (Fsp3) is 0.154. The minimum atomic E-state index is -0.781. The van der Waals surface area contributed by atoms with Gasteiger partial charge in [-0.15, -0.1) is 0 Å². The normalized spacial score (nSPS) is 12.2. The zero-order chi connectivity index (χ0) is 13.8. The van der Waals surface area contributed by atoms with Crippen molar-refractivity contribution >= 4 is 33.4 Å². The highest BCUT2D eigenvalue weighted by atomic mass is 79.9. The molecule has 2 rings (SSSR count). The summed E-state index contributed by atoms with van der Waals surface area (Å²) in [6, 6.07) is 8.37. The van der Waals surface area contributed by atoms with Gasteiger partial charge in [0, 0.05) is 17.6 Å². The molecule has 0 aliphatic rings. The first-order valence-electron chi connectivity index (χ1n) is 5.52. The number of amides is 1. The van der Waals surface area contributed by atoms with Crippen LogP contribution in [0.2, 0.25) is 5.02 Å². The van der Waals surface area contributed by atoms with Crippen molar-refractivity contribution in [3.63, 3.8) is 0 Å². The summed E-state index contributed by atoms with van der Waals surface area (Å²) >= 11 is 8.88. The lowest BCUT2D eigenvalue weighted by molar-refractivity contribution is 0.0915. The van der Waals surface area contributed by atoms with Gasteiger partial charge in [-0.05, 0) is 33.6 Å². The molecule has 1 atom stereocenters. The Morgan fingerprint density at radius 1 is 1.42 bits per heavy atom. The molecule has 0 saturated heterocycles. The molecule has 0 aliphatic heterocycles. The molecular weight excluding hydrogens is 334 g/mol. The smallest absolute Gasteiger partial charge is 0.254 e. The van der Waals surface area contributed by atoms with E-state index >= 15 is 0 Å². The van der Waals surface area contributed by atoms with Crippen LogP contribution in [0.1, 0.15) is 22.0 Å². The van der Waals surface area contributed by atoms with Crippen LogP contribution < -0.4 is 5.32 Å². The Morgan fingerprint density at radius 2 is 2.11 bits per heavy atom. The van der Waals surface area contributed by atoms with Crippen LogP contribution in [0, 0.1) is 0 Å². The van der Waals surface area contributed by atoms with E-state index in [0.717, 1.165) is 0 Å². The van der Waals surface area contributed by atoms with Gasteiger partial charge in [-0.2, -0.15) is 0 Å². The number of aliphatic hydroxyl groups excluding tert-OH is 1. The minimum absolute atomic E-state index is 0.114. The van der Waals surface area contributed by atoms with Crippen LogP contribution >= 0.6 is 27.5 Å². The number of rotatable bonds is 4. The van der Waals surface area contributed by atoms with Crippen LogP contribution in [0.4, 0.5) is 0 Å². The summed E-state index contributed by atoms with van der Waals surface area (Å²) < 4.78 is 5.45. The third-order valence-corrected chi connectivity index (χ3v) is 3.21. The second-order valence-corrected chi connectivity index (χ2v) is 5.13. The SMILES string of the molecule is O=C(NCC(O)c1ccc(Cl)cc1)c1coc(Br)c1. The van der Waals surface area contributed by atoms with Crippen molar-refractivity contribution in [1.29, 1.82) is 0 Å². The molecule has 1 heterocycles. The number of carbonyl (C=O) groups excluding carboxylic acids is 1. The second kappa shape index (κ2) is 6.23. The van der Waals surface area contributed by atoms with Crippen molar-refractivity contribution in [3.05, 3.63) is 57.4 Å². The first-order valence-corrected chi connectivity index (χ1v) is 6.69. The van der Waals surface area contributed by atoms with E-state index in [1.54, 1.807) is 30.3 Å². The summed E-state index contributed by atoms with van der Waals surface area (Å²) in [4.78, 5) is 11.7. The molecule has 0 fully saturated rings. The molecule has 100 valence electrons. The highest BCUT2D eigenvalue weighted by Gasteiger charge is 2.12. The first kappa shape index (κ1) is 14.1. The van der Waals surface area contributed by atoms with Crippen LogP contribution in [-0.4, -0.2) is 17.6 Å². The number of hydrogen-bond donors (Lipinski definition) is 2. The molecule has 2 N–H and O–H groups in total. The summed E-state index contributed by atoms with van der Waals surface area (Å²) in [7, 11) is 0. The quantitative estimate of drug-likeness (QED) is 0.895. The molecule has 0 spiro atoms. The number of benzene rings is 1. The predicted octanol–water partition coefficient (Wildman–Crippen LogP) is 3.16.